The van der Waals surface area contributed by atoms with E-state index in [0.717, 1.165) is 38.5 Å². The summed E-state index contributed by atoms with van der Waals surface area (Å²) in [4.78, 5) is 25.7. The van der Waals surface area contributed by atoms with E-state index in [-0.39, 0.29) is 16.9 Å². The summed E-state index contributed by atoms with van der Waals surface area (Å²) in [5, 5.41) is 9.58. The molecule has 0 aromatic heterocycles. The molecule has 0 unspecified atom stereocenters. The molecule has 1 aliphatic heterocycles. The Balaban J connectivity index is 1.97. The van der Waals surface area contributed by atoms with Crippen LogP contribution in [0.25, 0.3) is 0 Å². The molecule has 1 saturated carbocycles. The van der Waals surface area contributed by atoms with E-state index in [1.165, 1.54) is 4.90 Å². The van der Waals surface area contributed by atoms with Gasteiger partial charge >= 0.3 is 12.1 Å². The lowest BCUT2D eigenvalue weighted by atomic mass is 9.81. The zero-order valence-electron chi connectivity index (χ0n) is 17.0. The molecular weight excluding hydrogens is 330 g/mol. The average Bonchev–Trinajstić information content (AvgIpc) is 3.07. The smallest absolute Gasteiger partial charge is 0.411 e. The van der Waals surface area contributed by atoms with Crippen LogP contribution in [0.2, 0.25) is 0 Å². The molecule has 1 amide bonds. The molecule has 0 spiro atoms. The minimum Gasteiger partial charge on any atom is -0.480 e. The Kier molecular flexibility index (Phi) is 5.79. The lowest BCUT2D eigenvalue weighted by molar-refractivity contribution is -0.142. The number of carbonyl (C=O) groups is 2. The molecule has 1 heterocycles. The van der Waals surface area contributed by atoms with Crippen molar-refractivity contribution in [3.8, 4) is 0 Å². The van der Waals surface area contributed by atoms with Gasteiger partial charge in [0.2, 0.25) is 0 Å². The number of carboxylic acids is 1. The van der Waals surface area contributed by atoms with Crippen LogP contribution in [0.5, 0.6) is 0 Å². The summed E-state index contributed by atoms with van der Waals surface area (Å²) < 4.78 is 5.46. The fourth-order valence-corrected chi connectivity index (χ4v) is 4.32. The van der Waals surface area contributed by atoms with Crippen LogP contribution >= 0.6 is 0 Å². The summed E-state index contributed by atoms with van der Waals surface area (Å²) >= 11 is 0. The van der Waals surface area contributed by atoms with Gasteiger partial charge in [-0.3, -0.25) is 4.90 Å². The zero-order valence-corrected chi connectivity index (χ0v) is 17.0. The largest absolute Gasteiger partial charge is 0.480 e. The molecule has 0 aromatic carbocycles. The normalized spacial score (nSPS) is 27.8. The van der Waals surface area contributed by atoms with Crippen molar-refractivity contribution in [1.29, 1.82) is 0 Å². The van der Waals surface area contributed by atoms with Crippen molar-refractivity contribution in [2.24, 2.45) is 10.8 Å². The third-order valence-corrected chi connectivity index (χ3v) is 5.86. The monoisotopic (exact) mass is 365 g/mol. The van der Waals surface area contributed by atoms with Gasteiger partial charge in [0.15, 0.2) is 0 Å². The Bertz CT molecular complexity index is 563. The number of rotatable bonds is 8. The highest BCUT2D eigenvalue weighted by molar-refractivity contribution is 5.82. The van der Waals surface area contributed by atoms with Crippen LogP contribution in [0, 0.1) is 10.8 Å². The Morgan fingerprint density at radius 1 is 1.23 bits per heavy atom. The van der Waals surface area contributed by atoms with Gasteiger partial charge in [0.1, 0.15) is 11.6 Å². The van der Waals surface area contributed by atoms with E-state index >= 15 is 0 Å². The topological polar surface area (TPSA) is 66.8 Å². The maximum atomic E-state index is 12.5. The summed E-state index contributed by atoms with van der Waals surface area (Å²) in [5.41, 5.74) is -0.366. The average molecular weight is 366 g/mol. The van der Waals surface area contributed by atoms with Crippen LogP contribution in [-0.2, 0) is 9.53 Å². The molecule has 1 saturated heterocycles. The maximum Gasteiger partial charge on any atom is 0.411 e. The number of hydrogen-bond donors (Lipinski definition) is 1. The number of carbonyl (C=O) groups excluding carboxylic acids is 1. The first-order chi connectivity index (χ1) is 11.9. The van der Waals surface area contributed by atoms with Crippen LogP contribution in [0.3, 0.4) is 0 Å². The van der Waals surface area contributed by atoms with Crippen molar-refractivity contribution in [1.82, 2.24) is 4.90 Å². The van der Waals surface area contributed by atoms with Crippen molar-refractivity contribution in [3.63, 3.8) is 0 Å². The first kappa shape index (κ1) is 20.8. The van der Waals surface area contributed by atoms with Crippen molar-refractivity contribution >= 4 is 12.1 Å². The van der Waals surface area contributed by atoms with Gasteiger partial charge in [-0.15, -0.1) is 6.58 Å². The second kappa shape index (κ2) is 7.24. The van der Waals surface area contributed by atoms with Gasteiger partial charge in [-0.1, -0.05) is 26.3 Å². The van der Waals surface area contributed by atoms with E-state index in [1.807, 2.05) is 26.8 Å². The molecule has 0 aromatic rings. The number of allylic oxidation sites excluding steroid dienone is 1. The van der Waals surface area contributed by atoms with Gasteiger partial charge < -0.3 is 9.84 Å². The number of aliphatic carboxylic acids is 1. The molecule has 5 nitrogen and oxygen atoms in total. The number of nitrogens with zero attached hydrogens (tertiary/aromatic N) is 1. The highest BCUT2D eigenvalue weighted by Gasteiger charge is 2.67. The van der Waals surface area contributed by atoms with E-state index in [4.69, 9.17) is 4.74 Å². The maximum absolute atomic E-state index is 12.5. The highest BCUT2D eigenvalue weighted by Crippen LogP contribution is 2.62. The predicted molar refractivity (Wildman–Crippen MR) is 102 cm³/mol. The zero-order chi connectivity index (χ0) is 19.8. The number of carboxylic acid groups (broad SMARTS) is 1. The number of fused-ring (bicyclic) bond motifs is 1. The van der Waals surface area contributed by atoms with Gasteiger partial charge in [-0.2, -0.15) is 0 Å². The molecule has 2 aliphatic rings. The van der Waals surface area contributed by atoms with E-state index < -0.39 is 23.7 Å². The summed E-state index contributed by atoms with van der Waals surface area (Å²) in [7, 11) is 0. The van der Waals surface area contributed by atoms with E-state index in [9.17, 15) is 14.7 Å². The molecule has 0 radical (unpaired) electrons. The first-order valence-electron chi connectivity index (χ1n) is 9.76. The molecule has 1 N–H and O–H groups in total. The first-order valence-corrected chi connectivity index (χ1v) is 9.76. The fraction of sp³-hybridized carbons (Fsp3) is 0.810. The molecular formula is C21H35NO4. The van der Waals surface area contributed by atoms with Gasteiger partial charge in [-0.25, -0.2) is 9.59 Å². The number of ether oxygens (including phenoxy) is 1. The third kappa shape index (κ3) is 4.80. The minimum absolute atomic E-state index is 0.0194. The van der Waals surface area contributed by atoms with E-state index in [0.29, 0.717) is 6.42 Å². The summed E-state index contributed by atoms with van der Waals surface area (Å²) in [6, 6.07) is -0.730. The van der Waals surface area contributed by atoms with Crippen molar-refractivity contribution in [2.45, 2.75) is 97.2 Å². The van der Waals surface area contributed by atoms with Crippen LogP contribution in [-0.4, -0.2) is 39.8 Å². The van der Waals surface area contributed by atoms with Crippen molar-refractivity contribution in [3.05, 3.63) is 12.7 Å². The minimum atomic E-state index is -0.922. The van der Waals surface area contributed by atoms with Crippen molar-refractivity contribution in [2.75, 3.05) is 0 Å². The van der Waals surface area contributed by atoms with Crippen LogP contribution in [0.4, 0.5) is 4.79 Å². The van der Waals surface area contributed by atoms with Gasteiger partial charge in [0.05, 0.1) is 0 Å². The summed E-state index contributed by atoms with van der Waals surface area (Å²) in [6.45, 7) is 13.8. The van der Waals surface area contributed by atoms with E-state index in [1.54, 1.807) is 0 Å². The molecule has 148 valence electrons. The lowest BCUT2D eigenvalue weighted by Crippen LogP contribution is -2.45. The number of amides is 1. The molecule has 1 aliphatic carbocycles. The van der Waals surface area contributed by atoms with E-state index in [2.05, 4.69) is 20.4 Å². The molecule has 2 rings (SSSR count). The van der Waals surface area contributed by atoms with Crippen LogP contribution in [0.15, 0.2) is 12.7 Å². The van der Waals surface area contributed by atoms with Gasteiger partial charge in [0.25, 0.3) is 0 Å². The Morgan fingerprint density at radius 2 is 1.88 bits per heavy atom. The fourth-order valence-electron chi connectivity index (χ4n) is 4.32. The second-order valence-electron chi connectivity index (χ2n) is 9.87. The van der Waals surface area contributed by atoms with Gasteiger partial charge in [-0.05, 0) is 70.1 Å². The molecule has 3 atom stereocenters. The van der Waals surface area contributed by atoms with Crippen LogP contribution < -0.4 is 0 Å². The lowest BCUT2D eigenvalue weighted by Gasteiger charge is -2.28. The SMILES string of the molecule is C=CCCC(C)(C)CCC[C@@]12C[C@@H](C(=O)O)N(C(=O)OC(C)(C)C)[C@@H]1C2. The molecule has 0 bridgehead atoms. The standard InChI is InChI=1S/C21H35NO4/c1-7-8-10-20(5,6)11-9-12-21-13-15(17(23)24)22(16(21)14-21)18(25)26-19(2,3)4/h7,15-16H,1,8-14H2,2-6H3,(H,23,24)/t15-,16+,21-/m0/s1. The number of likely N-dealkylation sites (tertiary alicyclic amines) is 1. The second-order valence-corrected chi connectivity index (χ2v) is 9.87. The molecule has 2 fully saturated rings. The molecule has 5 heteroatoms. The summed E-state index contributed by atoms with van der Waals surface area (Å²) in [6.07, 6.45) is 8.24. The predicted octanol–water partition coefficient (Wildman–Crippen LogP) is 5.00. The number of piperidine rings is 1. The Morgan fingerprint density at radius 3 is 2.42 bits per heavy atom. The number of hydrogen-bond acceptors (Lipinski definition) is 3. The molecule has 26 heavy (non-hydrogen) atoms. The van der Waals surface area contributed by atoms with Gasteiger partial charge in [0, 0.05) is 6.04 Å². The highest BCUT2D eigenvalue weighted by atomic mass is 16.6. The Labute approximate surface area is 157 Å². The van der Waals surface area contributed by atoms with Crippen molar-refractivity contribution < 1.29 is 19.4 Å². The van der Waals surface area contributed by atoms with Crippen LogP contribution in [0.1, 0.15) is 79.6 Å². The summed E-state index contributed by atoms with van der Waals surface area (Å²) in [5.74, 6) is -0.922. The Hall–Kier alpha value is -1.52. The quantitative estimate of drug-likeness (QED) is 0.615. The third-order valence-electron chi connectivity index (χ3n) is 5.86.